The molecule has 0 spiro atoms. The van der Waals surface area contributed by atoms with Crippen LogP contribution in [0.5, 0.6) is 0 Å². The van der Waals surface area contributed by atoms with Gasteiger partial charge in [-0.05, 0) is 30.9 Å². The molecule has 0 unspecified atom stereocenters. The van der Waals surface area contributed by atoms with Gasteiger partial charge in [0.05, 0.1) is 18.5 Å². The van der Waals surface area contributed by atoms with Crippen LogP contribution in [0.4, 0.5) is 10.7 Å². The van der Waals surface area contributed by atoms with Gasteiger partial charge in [0.2, 0.25) is 5.95 Å². The molecule has 0 fully saturated rings. The molecule has 2 aromatic rings. The molecule has 0 saturated heterocycles. The molecule has 5 nitrogen and oxygen atoms in total. The van der Waals surface area contributed by atoms with Gasteiger partial charge in [-0.2, -0.15) is 0 Å². The maximum atomic E-state index is 12.1. The number of nitrogens with zero attached hydrogens (tertiary/aromatic N) is 2. The van der Waals surface area contributed by atoms with Crippen LogP contribution in [0.3, 0.4) is 0 Å². The fourth-order valence-corrected chi connectivity index (χ4v) is 2.26. The van der Waals surface area contributed by atoms with Crippen molar-refractivity contribution < 1.29 is 9.53 Å². The van der Waals surface area contributed by atoms with Crippen LogP contribution in [0.15, 0.2) is 30.5 Å². The fourth-order valence-electron chi connectivity index (χ4n) is 2.26. The van der Waals surface area contributed by atoms with Crippen molar-refractivity contribution in [2.45, 2.75) is 40.0 Å². The van der Waals surface area contributed by atoms with Crippen LogP contribution in [0.2, 0.25) is 0 Å². The zero-order chi connectivity index (χ0) is 16.7. The predicted molar refractivity (Wildman–Crippen MR) is 92.7 cm³/mol. The summed E-state index contributed by atoms with van der Waals surface area (Å²) >= 11 is 0. The number of aromatic nitrogens is 2. The monoisotopic (exact) mass is 315 g/mol. The van der Waals surface area contributed by atoms with Crippen molar-refractivity contribution >= 4 is 12.0 Å². The van der Waals surface area contributed by atoms with Crippen molar-refractivity contribution in [3.05, 3.63) is 36.0 Å². The summed E-state index contributed by atoms with van der Waals surface area (Å²) in [6, 6.07) is 8.33. The quantitative estimate of drug-likeness (QED) is 0.770. The summed E-state index contributed by atoms with van der Waals surface area (Å²) < 4.78 is 5.26. The predicted octanol–water partition coefficient (Wildman–Crippen LogP) is 4.40. The van der Waals surface area contributed by atoms with Crippen molar-refractivity contribution in [1.82, 2.24) is 9.97 Å². The molecular formula is C18H25N3O2. The van der Waals surface area contributed by atoms with E-state index >= 15 is 0 Å². The van der Waals surface area contributed by atoms with E-state index in [2.05, 4.69) is 48.1 Å². The molecular weight excluding hydrogens is 290 g/mol. The molecule has 2 rings (SSSR count). The van der Waals surface area contributed by atoms with Crippen LogP contribution in [0.25, 0.3) is 11.3 Å². The summed E-state index contributed by atoms with van der Waals surface area (Å²) in [5, 5.41) is 0. The molecule has 124 valence electrons. The molecule has 0 bridgehead atoms. The van der Waals surface area contributed by atoms with Crippen molar-refractivity contribution in [1.29, 1.82) is 0 Å². The number of H-pyrrole nitrogens is 1. The number of carbonyl (C=O) groups is 1. The molecule has 1 heterocycles. The summed E-state index contributed by atoms with van der Waals surface area (Å²) in [7, 11) is 0. The smallest absolute Gasteiger partial charge is 0.416 e. The molecule has 0 aliphatic carbocycles. The van der Waals surface area contributed by atoms with E-state index in [0.29, 0.717) is 19.1 Å². The first-order valence-electron chi connectivity index (χ1n) is 8.28. The Morgan fingerprint density at radius 3 is 2.57 bits per heavy atom. The SMILES string of the molecule is CCCCOC(=O)N(CC)c1ncc(-c2ccc(CC)cc2)[nH]1. The van der Waals surface area contributed by atoms with E-state index in [0.717, 1.165) is 30.5 Å². The number of rotatable bonds is 7. The average molecular weight is 315 g/mol. The first-order valence-corrected chi connectivity index (χ1v) is 8.28. The van der Waals surface area contributed by atoms with Gasteiger partial charge >= 0.3 is 6.09 Å². The maximum absolute atomic E-state index is 12.1. The number of benzene rings is 1. The summed E-state index contributed by atoms with van der Waals surface area (Å²) in [6.07, 6.45) is 4.28. The Morgan fingerprint density at radius 1 is 1.22 bits per heavy atom. The van der Waals surface area contributed by atoms with Gasteiger partial charge in [-0.1, -0.05) is 44.5 Å². The van der Waals surface area contributed by atoms with Crippen LogP contribution in [-0.4, -0.2) is 29.2 Å². The van der Waals surface area contributed by atoms with Crippen molar-refractivity contribution in [2.75, 3.05) is 18.1 Å². The van der Waals surface area contributed by atoms with Gasteiger partial charge < -0.3 is 9.72 Å². The van der Waals surface area contributed by atoms with Gasteiger partial charge in [0.25, 0.3) is 0 Å². The van der Waals surface area contributed by atoms with Crippen LogP contribution in [0.1, 0.15) is 39.2 Å². The number of carbonyl (C=O) groups excluding carboxylic acids is 1. The first-order chi connectivity index (χ1) is 11.2. The largest absolute Gasteiger partial charge is 0.449 e. The molecule has 0 radical (unpaired) electrons. The number of amides is 1. The summed E-state index contributed by atoms with van der Waals surface area (Å²) in [5.41, 5.74) is 3.24. The van der Waals surface area contributed by atoms with Gasteiger partial charge in [-0.15, -0.1) is 0 Å². The lowest BCUT2D eigenvalue weighted by atomic mass is 10.1. The van der Waals surface area contributed by atoms with Crippen LogP contribution < -0.4 is 4.90 Å². The Bertz CT molecular complexity index is 619. The van der Waals surface area contributed by atoms with Crippen molar-refractivity contribution in [3.8, 4) is 11.3 Å². The van der Waals surface area contributed by atoms with Gasteiger partial charge in [-0.3, -0.25) is 0 Å². The van der Waals surface area contributed by atoms with E-state index in [4.69, 9.17) is 4.74 Å². The lowest BCUT2D eigenvalue weighted by Gasteiger charge is -2.17. The molecule has 0 atom stereocenters. The molecule has 1 aromatic carbocycles. The standard InChI is InChI=1S/C18H25N3O2/c1-4-7-12-23-18(22)21(6-3)17-19-13-16(20-17)15-10-8-14(5-2)9-11-15/h8-11,13H,4-7,12H2,1-3H3,(H,19,20). The molecule has 1 N–H and O–H groups in total. The third kappa shape index (κ3) is 4.34. The average Bonchev–Trinajstić information content (AvgIpc) is 3.05. The number of nitrogens with one attached hydrogen (secondary N) is 1. The normalized spacial score (nSPS) is 10.6. The van der Waals surface area contributed by atoms with E-state index in [1.165, 1.54) is 10.5 Å². The number of anilines is 1. The lowest BCUT2D eigenvalue weighted by Crippen LogP contribution is -2.32. The van der Waals surface area contributed by atoms with Gasteiger partial charge in [0, 0.05) is 6.54 Å². The van der Waals surface area contributed by atoms with E-state index < -0.39 is 0 Å². The molecule has 5 heteroatoms. The summed E-state index contributed by atoms with van der Waals surface area (Å²) in [5.74, 6) is 0.517. The van der Waals surface area contributed by atoms with Crippen LogP contribution >= 0.6 is 0 Å². The lowest BCUT2D eigenvalue weighted by molar-refractivity contribution is 0.152. The summed E-state index contributed by atoms with van der Waals surface area (Å²) in [6.45, 7) is 7.05. The minimum absolute atomic E-state index is 0.358. The van der Waals surface area contributed by atoms with Gasteiger partial charge in [0.1, 0.15) is 0 Å². The first kappa shape index (κ1) is 17.1. The number of unbranched alkanes of at least 4 members (excludes halogenated alkanes) is 1. The summed E-state index contributed by atoms with van der Waals surface area (Å²) in [4.78, 5) is 21.2. The number of ether oxygens (including phenoxy) is 1. The second kappa shape index (κ2) is 8.36. The van der Waals surface area contributed by atoms with E-state index in [-0.39, 0.29) is 6.09 Å². The minimum atomic E-state index is -0.358. The highest BCUT2D eigenvalue weighted by atomic mass is 16.6. The molecule has 0 aliphatic heterocycles. The molecule has 0 saturated carbocycles. The molecule has 0 aliphatic rings. The second-order valence-corrected chi connectivity index (χ2v) is 5.38. The Labute approximate surface area is 137 Å². The Kier molecular flexibility index (Phi) is 6.20. The maximum Gasteiger partial charge on any atom is 0.416 e. The highest BCUT2D eigenvalue weighted by Crippen LogP contribution is 2.21. The highest BCUT2D eigenvalue weighted by Gasteiger charge is 2.18. The van der Waals surface area contributed by atoms with Crippen LogP contribution in [0, 0.1) is 0 Å². The molecule has 1 amide bonds. The zero-order valence-electron chi connectivity index (χ0n) is 14.1. The third-order valence-electron chi connectivity index (χ3n) is 3.75. The topological polar surface area (TPSA) is 58.2 Å². The second-order valence-electron chi connectivity index (χ2n) is 5.38. The zero-order valence-corrected chi connectivity index (χ0v) is 14.1. The number of aryl methyl sites for hydroxylation is 1. The molecule has 1 aromatic heterocycles. The van der Waals surface area contributed by atoms with Gasteiger partial charge in [-0.25, -0.2) is 14.7 Å². The number of hydrogen-bond acceptors (Lipinski definition) is 3. The van der Waals surface area contributed by atoms with Crippen LogP contribution in [-0.2, 0) is 11.2 Å². The Hall–Kier alpha value is -2.30. The highest BCUT2D eigenvalue weighted by molar-refractivity contribution is 5.85. The van der Waals surface area contributed by atoms with E-state index in [1.54, 1.807) is 6.20 Å². The van der Waals surface area contributed by atoms with E-state index in [9.17, 15) is 4.79 Å². The third-order valence-corrected chi connectivity index (χ3v) is 3.75. The fraction of sp³-hybridized carbons (Fsp3) is 0.444. The van der Waals surface area contributed by atoms with Crippen molar-refractivity contribution in [3.63, 3.8) is 0 Å². The Morgan fingerprint density at radius 2 is 1.96 bits per heavy atom. The van der Waals surface area contributed by atoms with Gasteiger partial charge in [0.15, 0.2) is 0 Å². The number of hydrogen-bond donors (Lipinski definition) is 1. The Balaban J connectivity index is 2.10. The number of imidazole rings is 1. The van der Waals surface area contributed by atoms with Crippen molar-refractivity contribution in [2.24, 2.45) is 0 Å². The minimum Gasteiger partial charge on any atom is -0.449 e. The number of aromatic amines is 1. The van der Waals surface area contributed by atoms with E-state index in [1.807, 2.05) is 6.92 Å². The molecule has 23 heavy (non-hydrogen) atoms.